The van der Waals surface area contributed by atoms with E-state index in [1.165, 1.54) is 33.6 Å². The van der Waals surface area contributed by atoms with Gasteiger partial charge in [0, 0.05) is 29.0 Å². The summed E-state index contributed by atoms with van der Waals surface area (Å²) in [4.78, 5) is 66.0. The molecule has 372 valence electrons. The van der Waals surface area contributed by atoms with Gasteiger partial charge in [-0.05, 0) is 80.0 Å². The van der Waals surface area contributed by atoms with Gasteiger partial charge in [0.15, 0.2) is 12.4 Å². The number of aromatic nitrogens is 4. The number of carboxylic acid groups (broad SMARTS) is 1. The molecule has 5 heterocycles. The second-order valence-corrected chi connectivity index (χ2v) is 21.0. The minimum atomic E-state index is -4.89. The van der Waals surface area contributed by atoms with Crippen LogP contribution >= 0.6 is 22.7 Å². The first-order valence-electron chi connectivity index (χ1n) is 22.9. The number of amides is 3. The van der Waals surface area contributed by atoms with E-state index in [1.54, 1.807) is 57.5 Å². The number of nitrogens with zero attached hydrogens (tertiary/aromatic N) is 6. The number of hydrogen-bond donors (Lipinski definition) is 4. The number of aryl methyl sites for hydroxylation is 3. The van der Waals surface area contributed by atoms with E-state index < -0.39 is 83.5 Å². The molecule has 5 atom stereocenters. The van der Waals surface area contributed by atoms with Crippen LogP contribution in [0.1, 0.15) is 103 Å². The van der Waals surface area contributed by atoms with Crippen molar-refractivity contribution in [2.45, 2.75) is 105 Å². The van der Waals surface area contributed by atoms with Crippen LogP contribution in [0.15, 0.2) is 77.2 Å². The number of fused-ring (bicyclic) bond motifs is 3. The van der Waals surface area contributed by atoms with Gasteiger partial charge in [-0.2, -0.15) is 13.2 Å². The maximum absolute atomic E-state index is 14.7. The van der Waals surface area contributed by atoms with Gasteiger partial charge in [0.2, 0.25) is 11.8 Å². The van der Waals surface area contributed by atoms with Crippen LogP contribution in [0.2, 0.25) is 0 Å². The normalized spacial score (nSPS) is 17.7. The molecule has 3 amide bonds. The van der Waals surface area contributed by atoms with E-state index in [9.17, 15) is 42.6 Å². The number of aliphatic hydroxyl groups excluding tert-OH is 1. The Morgan fingerprint density at radius 1 is 0.901 bits per heavy atom. The number of carbonyl (C=O) groups excluding carboxylic acids is 3. The lowest BCUT2D eigenvalue weighted by atomic mass is 9.85. The number of aliphatic carboxylic acids is 1. The third-order valence-electron chi connectivity index (χ3n) is 12.8. The van der Waals surface area contributed by atoms with E-state index in [4.69, 9.17) is 9.73 Å². The van der Waals surface area contributed by atoms with Crippen LogP contribution in [0.3, 0.4) is 0 Å². The van der Waals surface area contributed by atoms with Gasteiger partial charge < -0.3 is 30.5 Å². The molecule has 2 aliphatic rings. The van der Waals surface area contributed by atoms with Gasteiger partial charge in [-0.3, -0.25) is 28.7 Å². The predicted octanol–water partition coefficient (Wildman–Crippen LogP) is 8.49. The van der Waals surface area contributed by atoms with Crippen LogP contribution < -0.4 is 15.4 Å². The molecule has 20 heteroatoms. The molecule has 71 heavy (non-hydrogen) atoms. The number of hydrogen-bond acceptors (Lipinski definition) is 12. The third-order valence-corrected chi connectivity index (χ3v) is 15.0. The molecule has 0 spiro atoms. The van der Waals surface area contributed by atoms with Crippen LogP contribution in [-0.2, 0) is 25.4 Å². The monoisotopic (exact) mass is 1010 g/mol. The van der Waals surface area contributed by atoms with E-state index in [0.29, 0.717) is 28.5 Å². The number of carbonyl (C=O) groups is 4. The molecule has 1 fully saturated rings. The fourth-order valence-corrected chi connectivity index (χ4v) is 11.0. The first kappa shape index (κ1) is 50.6. The summed E-state index contributed by atoms with van der Waals surface area (Å²) in [5.41, 5.74) is 5.94. The first-order valence-corrected chi connectivity index (χ1v) is 24.6. The van der Waals surface area contributed by atoms with Crippen LogP contribution in [-0.4, -0.2) is 95.6 Å². The third kappa shape index (κ3) is 10.5. The Morgan fingerprint density at radius 3 is 2.20 bits per heavy atom. The number of ether oxygens (including phenoxy) is 1. The highest BCUT2D eigenvalue weighted by Crippen LogP contribution is 2.42. The highest BCUT2D eigenvalue weighted by Gasteiger charge is 2.45. The minimum absolute atomic E-state index is 0.0347. The lowest BCUT2D eigenvalue weighted by molar-refractivity contribution is -0.144. The van der Waals surface area contributed by atoms with Crippen molar-refractivity contribution in [1.29, 1.82) is 0 Å². The fourth-order valence-electron chi connectivity index (χ4n) is 8.93. The number of aliphatic imine (C=N–C) groups is 1. The summed E-state index contributed by atoms with van der Waals surface area (Å²) >= 11 is 3.04. The SMILES string of the molecule is Cc1ncsc1-c1ccc([C@H](C)NC(=O)[C@@H]2C[C@@H](O)CN2C(=O)[C@@H](NC(=O)COc2ccc(-c3ccc(C4=N[C@@H](CC(=O)O)c5nnc(C)n5-c5sc(C)c(C)c54)cc3)cc2C(F)(F)F)C(C)(C)C)cc1. The molecule has 1 saturated heterocycles. The molecular weight excluding hydrogens is 958 g/mol. The molecule has 3 aromatic heterocycles. The Hall–Kier alpha value is -6.77. The fraction of sp³-hybridized carbons (Fsp3) is 0.373. The number of nitrogens with one attached hydrogen (secondary N) is 2. The van der Waals surface area contributed by atoms with Crippen molar-refractivity contribution in [1.82, 2.24) is 35.3 Å². The second kappa shape index (κ2) is 19.8. The zero-order valence-corrected chi connectivity index (χ0v) is 41.8. The zero-order chi connectivity index (χ0) is 51.3. The summed E-state index contributed by atoms with van der Waals surface area (Å²) in [6, 6.07) is 14.3. The van der Waals surface area contributed by atoms with Crippen molar-refractivity contribution in [2.75, 3.05) is 13.2 Å². The molecule has 8 rings (SSSR count). The Bertz CT molecular complexity index is 3050. The standard InChI is InChI=1S/C51H53F3N8O7S2/c1-25-28(4)71-49-42(25)43(57-37(21-41(65)66)46-60-59-29(5)62(46)49)32-13-11-31(12-14-32)34-17-18-39(36(19-34)51(52,53)54)69-23-40(64)58-45(50(6,7)8)48(68)61-22-35(63)20-38(61)47(67)56-26(2)30-9-15-33(16-10-30)44-27(3)55-24-70-44/h9-19,24,26,35,37-38,45,63H,20-23H2,1-8H3,(H,56,67)(H,58,64)(H,65,66)/t26-,35+,37-,38-,45+/m0/s1. The maximum Gasteiger partial charge on any atom is 0.419 e. The van der Waals surface area contributed by atoms with Crippen molar-refractivity contribution in [3.63, 3.8) is 0 Å². The molecule has 6 aromatic rings. The highest BCUT2D eigenvalue weighted by molar-refractivity contribution is 7.15. The summed E-state index contributed by atoms with van der Waals surface area (Å²) in [5, 5.41) is 35.4. The average Bonchev–Trinajstić information content (AvgIpc) is 4.08. The number of likely N-dealkylation sites (tertiary alicyclic amines) is 1. The van der Waals surface area contributed by atoms with Gasteiger partial charge in [0.05, 0.1) is 45.9 Å². The van der Waals surface area contributed by atoms with Crippen molar-refractivity contribution in [2.24, 2.45) is 10.4 Å². The molecular formula is C51H53F3N8O7S2. The quantitative estimate of drug-likeness (QED) is 0.0870. The Morgan fingerprint density at radius 2 is 1.56 bits per heavy atom. The largest absolute Gasteiger partial charge is 0.483 e. The first-order chi connectivity index (χ1) is 33.5. The number of carboxylic acids is 1. The van der Waals surface area contributed by atoms with Gasteiger partial charge >= 0.3 is 12.1 Å². The number of alkyl halides is 3. The maximum atomic E-state index is 14.7. The van der Waals surface area contributed by atoms with Crippen LogP contribution in [0.5, 0.6) is 5.75 Å². The molecule has 0 unspecified atom stereocenters. The Labute approximate surface area is 415 Å². The molecule has 2 aliphatic heterocycles. The van der Waals surface area contributed by atoms with Crippen molar-refractivity contribution >= 4 is 52.1 Å². The van der Waals surface area contributed by atoms with Gasteiger partial charge in [-0.15, -0.1) is 32.9 Å². The molecule has 3 aromatic carbocycles. The van der Waals surface area contributed by atoms with Gasteiger partial charge in [-0.1, -0.05) is 75.4 Å². The molecule has 0 aliphatic carbocycles. The predicted molar refractivity (Wildman–Crippen MR) is 263 cm³/mol. The van der Waals surface area contributed by atoms with Gasteiger partial charge in [0.1, 0.15) is 34.7 Å². The number of halogens is 3. The van der Waals surface area contributed by atoms with E-state index in [0.717, 1.165) is 54.8 Å². The molecule has 4 N–H and O–H groups in total. The number of β-amino-alcohol motifs (C(OH)–C–C–N with tert-alkyl or cyclic N) is 1. The summed E-state index contributed by atoms with van der Waals surface area (Å²) in [5.74, 6) is -2.72. The summed E-state index contributed by atoms with van der Waals surface area (Å²) in [6.45, 7) is 13.5. The van der Waals surface area contributed by atoms with Gasteiger partial charge in [-0.25, -0.2) is 4.98 Å². The second-order valence-electron chi connectivity index (χ2n) is 19.0. The summed E-state index contributed by atoms with van der Waals surface area (Å²) in [6.07, 6.45) is -6.28. The summed E-state index contributed by atoms with van der Waals surface area (Å²) < 4.78 is 51.5. The smallest absolute Gasteiger partial charge is 0.419 e. The Kier molecular flexibility index (Phi) is 14.1. The van der Waals surface area contributed by atoms with E-state index in [-0.39, 0.29) is 24.9 Å². The Balaban J connectivity index is 0.960. The molecule has 0 bridgehead atoms. The number of thiazole rings is 1. The van der Waals surface area contributed by atoms with E-state index in [2.05, 4.69) is 25.8 Å². The van der Waals surface area contributed by atoms with Crippen LogP contribution in [0.25, 0.3) is 26.6 Å². The number of rotatable bonds is 13. The number of benzene rings is 3. The zero-order valence-electron chi connectivity index (χ0n) is 40.2. The summed E-state index contributed by atoms with van der Waals surface area (Å²) in [7, 11) is 0. The lowest BCUT2D eigenvalue weighted by Gasteiger charge is -2.35. The molecule has 0 radical (unpaired) electrons. The highest BCUT2D eigenvalue weighted by atomic mass is 32.1. The number of thiophene rings is 1. The lowest BCUT2D eigenvalue weighted by Crippen LogP contribution is -2.58. The van der Waals surface area contributed by atoms with E-state index >= 15 is 0 Å². The van der Waals surface area contributed by atoms with Crippen molar-refractivity contribution < 1.29 is 47.3 Å². The van der Waals surface area contributed by atoms with Crippen LogP contribution in [0.4, 0.5) is 13.2 Å². The van der Waals surface area contributed by atoms with Crippen molar-refractivity contribution in [3.8, 4) is 32.3 Å². The van der Waals surface area contributed by atoms with Gasteiger partial charge in [0.25, 0.3) is 5.91 Å². The van der Waals surface area contributed by atoms with E-state index in [1.807, 2.05) is 56.5 Å². The molecule has 0 saturated carbocycles. The average molecular weight is 1010 g/mol. The van der Waals surface area contributed by atoms with Crippen LogP contribution in [0, 0.1) is 33.1 Å². The topological polar surface area (TPSA) is 201 Å². The molecule has 15 nitrogen and oxygen atoms in total. The van der Waals surface area contributed by atoms with Crippen molar-refractivity contribution in [3.05, 3.63) is 122 Å². The minimum Gasteiger partial charge on any atom is -0.483 e. The number of aliphatic hydroxyl groups is 1.